The predicted octanol–water partition coefficient (Wildman–Crippen LogP) is 0.650. The lowest BCUT2D eigenvalue weighted by Gasteiger charge is -2.13. The summed E-state index contributed by atoms with van der Waals surface area (Å²) in [7, 11) is 1.92. The van der Waals surface area contributed by atoms with E-state index in [4.69, 9.17) is 5.11 Å². The minimum Gasteiger partial charge on any atom is -0.396 e. The van der Waals surface area contributed by atoms with Crippen LogP contribution in [0, 0.1) is 13.8 Å². The van der Waals surface area contributed by atoms with Crippen LogP contribution in [0.1, 0.15) is 30.3 Å². The summed E-state index contributed by atoms with van der Waals surface area (Å²) in [6.07, 6.45) is 1.33. The molecule has 0 aliphatic carbocycles. The van der Waals surface area contributed by atoms with E-state index in [1.807, 2.05) is 32.5 Å². The molecule has 6 nitrogen and oxygen atoms in total. The second-order valence-corrected chi connectivity index (χ2v) is 4.84. The van der Waals surface area contributed by atoms with Crippen molar-refractivity contribution in [1.82, 2.24) is 20.4 Å². The van der Waals surface area contributed by atoms with Crippen molar-refractivity contribution in [1.29, 1.82) is 0 Å². The lowest BCUT2D eigenvalue weighted by molar-refractivity contribution is 0.231. The molecular formula is C13H24N4O2. The largest absolute Gasteiger partial charge is 0.396 e. The lowest BCUT2D eigenvalue weighted by atomic mass is 10.1. The fourth-order valence-electron chi connectivity index (χ4n) is 2.02. The molecule has 0 spiro atoms. The fraction of sp³-hybridized carbons (Fsp3) is 0.692. The van der Waals surface area contributed by atoms with E-state index in [1.54, 1.807) is 0 Å². The van der Waals surface area contributed by atoms with Crippen molar-refractivity contribution in [2.24, 2.45) is 7.05 Å². The van der Waals surface area contributed by atoms with Crippen LogP contribution >= 0.6 is 0 Å². The number of rotatable bonds is 6. The minimum absolute atomic E-state index is 0.0214. The predicted molar refractivity (Wildman–Crippen MR) is 74.1 cm³/mol. The van der Waals surface area contributed by atoms with E-state index in [-0.39, 0.29) is 18.7 Å². The first-order valence-corrected chi connectivity index (χ1v) is 6.60. The topological polar surface area (TPSA) is 79.2 Å². The number of aromatic nitrogens is 2. The highest BCUT2D eigenvalue weighted by molar-refractivity contribution is 5.74. The number of urea groups is 1. The summed E-state index contributed by atoms with van der Waals surface area (Å²) >= 11 is 0. The maximum absolute atomic E-state index is 11.6. The molecule has 0 bridgehead atoms. The highest BCUT2D eigenvalue weighted by atomic mass is 16.3. The number of nitrogens with one attached hydrogen (secondary N) is 2. The van der Waals surface area contributed by atoms with Gasteiger partial charge >= 0.3 is 6.03 Å². The summed E-state index contributed by atoms with van der Waals surface area (Å²) in [4.78, 5) is 11.6. The van der Waals surface area contributed by atoms with Crippen molar-refractivity contribution in [3.63, 3.8) is 0 Å². The Morgan fingerprint density at radius 2 is 2.16 bits per heavy atom. The summed E-state index contributed by atoms with van der Waals surface area (Å²) in [6, 6.07) is -0.216. The second kappa shape index (κ2) is 7.13. The number of amides is 2. The SMILES string of the molecule is Cc1nn(C)c(C)c1CCNC(=O)N[C@H](C)CCO. The Bertz CT molecular complexity index is 429. The molecule has 1 heterocycles. The Morgan fingerprint density at radius 3 is 2.68 bits per heavy atom. The Balaban J connectivity index is 2.36. The van der Waals surface area contributed by atoms with Crippen molar-refractivity contribution >= 4 is 6.03 Å². The number of carbonyl (C=O) groups excluding carboxylic acids is 1. The number of carbonyl (C=O) groups is 1. The second-order valence-electron chi connectivity index (χ2n) is 4.84. The van der Waals surface area contributed by atoms with Gasteiger partial charge in [0.15, 0.2) is 0 Å². The zero-order valence-electron chi connectivity index (χ0n) is 12.2. The molecule has 3 N–H and O–H groups in total. The van der Waals surface area contributed by atoms with Crippen LogP contribution in [0.4, 0.5) is 4.79 Å². The number of aryl methyl sites for hydroxylation is 2. The van der Waals surface area contributed by atoms with Gasteiger partial charge in [0.2, 0.25) is 0 Å². The van der Waals surface area contributed by atoms with E-state index in [1.165, 1.54) is 5.56 Å². The van der Waals surface area contributed by atoms with Crippen LogP contribution in [0.3, 0.4) is 0 Å². The molecular weight excluding hydrogens is 244 g/mol. The molecule has 0 saturated carbocycles. The first-order chi connectivity index (χ1) is 8.95. The van der Waals surface area contributed by atoms with Gasteiger partial charge in [0, 0.05) is 31.9 Å². The van der Waals surface area contributed by atoms with E-state index >= 15 is 0 Å². The normalized spacial score (nSPS) is 12.3. The van der Waals surface area contributed by atoms with Gasteiger partial charge < -0.3 is 15.7 Å². The lowest BCUT2D eigenvalue weighted by Crippen LogP contribution is -2.41. The van der Waals surface area contributed by atoms with Crippen molar-refractivity contribution in [3.05, 3.63) is 17.0 Å². The van der Waals surface area contributed by atoms with Crippen LogP contribution in [-0.4, -0.2) is 40.1 Å². The van der Waals surface area contributed by atoms with E-state index in [0.717, 1.165) is 17.8 Å². The van der Waals surface area contributed by atoms with Gasteiger partial charge in [0.05, 0.1) is 5.69 Å². The van der Waals surface area contributed by atoms with E-state index in [2.05, 4.69) is 15.7 Å². The molecule has 6 heteroatoms. The van der Waals surface area contributed by atoms with Gasteiger partial charge in [-0.05, 0) is 39.2 Å². The molecule has 108 valence electrons. The number of aliphatic hydroxyl groups excluding tert-OH is 1. The third-order valence-electron chi connectivity index (χ3n) is 3.26. The molecule has 0 aliphatic heterocycles. The first kappa shape index (κ1) is 15.5. The van der Waals surface area contributed by atoms with Crippen molar-refractivity contribution < 1.29 is 9.90 Å². The van der Waals surface area contributed by atoms with Crippen LogP contribution < -0.4 is 10.6 Å². The molecule has 1 rings (SSSR count). The van der Waals surface area contributed by atoms with Gasteiger partial charge in [0.1, 0.15) is 0 Å². The van der Waals surface area contributed by atoms with Crippen LogP contribution in [-0.2, 0) is 13.5 Å². The van der Waals surface area contributed by atoms with Crippen LogP contribution in [0.25, 0.3) is 0 Å². The highest BCUT2D eigenvalue weighted by Gasteiger charge is 2.10. The van der Waals surface area contributed by atoms with Gasteiger partial charge in [0.25, 0.3) is 0 Å². The molecule has 19 heavy (non-hydrogen) atoms. The average molecular weight is 268 g/mol. The molecule has 0 aromatic carbocycles. The molecule has 0 unspecified atom stereocenters. The Morgan fingerprint density at radius 1 is 1.47 bits per heavy atom. The van der Waals surface area contributed by atoms with Crippen LogP contribution in [0.5, 0.6) is 0 Å². The minimum atomic E-state index is -0.194. The van der Waals surface area contributed by atoms with Gasteiger partial charge in [-0.25, -0.2) is 4.79 Å². The van der Waals surface area contributed by atoms with Crippen LogP contribution in [0.15, 0.2) is 0 Å². The Labute approximate surface area is 114 Å². The zero-order valence-corrected chi connectivity index (χ0v) is 12.2. The molecule has 0 aliphatic rings. The van der Waals surface area contributed by atoms with E-state index in [9.17, 15) is 4.79 Å². The molecule has 0 radical (unpaired) electrons. The summed E-state index contributed by atoms with van der Waals surface area (Å²) in [5.74, 6) is 0. The summed E-state index contributed by atoms with van der Waals surface area (Å²) in [5.41, 5.74) is 3.33. The van der Waals surface area contributed by atoms with Crippen LogP contribution in [0.2, 0.25) is 0 Å². The molecule has 0 fully saturated rings. The Kier molecular flexibility index (Phi) is 5.82. The van der Waals surface area contributed by atoms with Gasteiger partial charge in [-0.1, -0.05) is 0 Å². The molecule has 0 saturated heterocycles. The van der Waals surface area contributed by atoms with Crippen molar-refractivity contribution in [2.75, 3.05) is 13.2 Å². The highest BCUT2D eigenvalue weighted by Crippen LogP contribution is 2.11. The number of hydrogen-bond acceptors (Lipinski definition) is 3. The van der Waals surface area contributed by atoms with E-state index in [0.29, 0.717) is 13.0 Å². The molecule has 1 aromatic heterocycles. The number of aliphatic hydroxyl groups is 1. The van der Waals surface area contributed by atoms with Crippen molar-refractivity contribution in [3.8, 4) is 0 Å². The molecule has 1 atom stereocenters. The van der Waals surface area contributed by atoms with Gasteiger partial charge in [-0.3, -0.25) is 4.68 Å². The molecule has 1 aromatic rings. The van der Waals surface area contributed by atoms with Gasteiger partial charge in [-0.2, -0.15) is 5.10 Å². The number of hydrogen-bond donors (Lipinski definition) is 3. The number of nitrogens with zero attached hydrogens (tertiary/aromatic N) is 2. The Hall–Kier alpha value is -1.56. The maximum Gasteiger partial charge on any atom is 0.315 e. The monoisotopic (exact) mass is 268 g/mol. The quantitative estimate of drug-likeness (QED) is 0.709. The summed E-state index contributed by atoms with van der Waals surface area (Å²) in [6.45, 7) is 6.52. The smallest absolute Gasteiger partial charge is 0.315 e. The maximum atomic E-state index is 11.6. The third kappa shape index (κ3) is 4.55. The summed E-state index contributed by atoms with van der Waals surface area (Å²) in [5, 5.41) is 18.7. The molecule has 2 amide bonds. The van der Waals surface area contributed by atoms with Gasteiger partial charge in [-0.15, -0.1) is 0 Å². The zero-order chi connectivity index (χ0) is 14.4. The summed E-state index contributed by atoms with van der Waals surface area (Å²) < 4.78 is 1.86. The third-order valence-corrected chi connectivity index (χ3v) is 3.26. The fourth-order valence-corrected chi connectivity index (χ4v) is 2.02. The van der Waals surface area contributed by atoms with E-state index < -0.39 is 0 Å². The first-order valence-electron chi connectivity index (χ1n) is 6.60. The van der Waals surface area contributed by atoms with Crippen molar-refractivity contribution in [2.45, 2.75) is 39.7 Å². The standard InChI is InChI=1S/C13H24N4O2/c1-9(6-8-18)15-13(19)14-7-5-12-10(2)16-17(4)11(12)3/h9,18H,5-8H2,1-4H3,(H2,14,15,19)/t9-/m1/s1. The average Bonchev–Trinajstić information content (AvgIpc) is 2.55.